The molecule has 1 saturated heterocycles. The summed E-state index contributed by atoms with van der Waals surface area (Å²) >= 11 is 0. The van der Waals surface area contributed by atoms with Gasteiger partial charge in [-0.2, -0.15) is 0 Å². The van der Waals surface area contributed by atoms with Gasteiger partial charge in [0.25, 0.3) is 0 Å². The lowest BCUT2D eigenvalue weighted by atomic mass is 9.70. The summed E-state index contributed by atoms with van der Waals surface area (Å²) < 4.78 is 16.5. The molecule has 4 unspecified atom stereocenters. The van der Waals surface area contributed by atoms with E-state index < -0.39 is 7.60 Å². The number of hydrogen-bond donors (Lipinski definition) is 3. The third kappa shape index (κ3) is 5.34. The molecular formula is C15H28NO5P. The van der Waals surface area contributed by atoms with Crippen molar-refractivity contribution >= 4 is 13.6 Å². The van der Waals surface area contributed by atoms with E-state index in [1.165, 1.54) is 0 Å². The summed E-state index contributed by atoms with van der Waals surface area (Å²) in [5, 5.41) is 3.28. The van der Waals surface area contributed by atoms with Crippen LogP contribution in [0.5, 0.6) is 0 Å². The van der Waals surface area contributed by atoms with E-state index in [0.29, 0.717) is 18.4 Å². The molecule has 0 spiro atoms. The van der Waals surface area contributed by atoms with Gasteiger partial charge in [-0.3, -0.25) is 9.36 Å². The molecule has 4 atom stereocenters. The van der Waals surface area contributed by atoms with Crippen molar-refractivity contribution < 1.29 is 23.9 Å². The predicted octanol–water partition coefficient (Wildman–Crippen LogP) is 1.90. The average molecular weight is 333 g/mol. The third-order valence-corrected chi connectivity index (χ3v) is 5.93. The fraction of sp³-hybridized carbons (Fsp3) is 0.933. The number of carbonyl (C=O) groups is 1. The summed E-state index contributed by atoms with van der Waals surface area (Å²) in [6.45, 7) is 3.34. The minimum absolute atomic E-state index is 0.0186. The summed E-state index contributed by atoms with van der Waals surface area (Å²) in [6.07, 6.45) is 5.27. The Kier molecular flexibility index (Phi) is 6.45. The molecule has 0 aromatic heterocycles. The fourth-order valence-corrected chi connectivity index (χ4v) is 4.76. The highest BCUT2D eigenvalue weighted by molar-refractivity contribution is 7.51. The molecule has 0 radical (unpaired) electrons. The van der Waals surface area contributed by atoms with Crippen LogP contribution in [-0.4, -0.2) is 41.1 Å². The number of ether oxygens (including phenoxy) is 1. The first-order chi connectivity index (χ1) is 10.4. The van der Waals surface area contributed by atoms with Crippen LogP contribution in [0.3, 0.4) is 0 Å². The molecule has 1 aliphatic heterocycles. The van der Waals surface area contributed by atoms with E-state index in [1.807, 2.05) is 0 Å². The van der Waals surface area contributed by atoms with Crippen molar-refractivity contribution in [2.24, 2.45) is 17.8 Å². The summed E-state index contributed by atoms with van der Waals surface area (Å²) in [5.74, 6) is 0.795. The second-order valence-electron chi connectivity index (χ2n) is 6.76. The number of hydrogen-bond acceptors (Lipinski definition) is 4. The zero-order chi connectivity index (χ0) is 16.2. The van der Waals surface area contributed by atoms with E-state index in [0.717, 1.165) is 45.1 Å². The zero-order valence-electron chi connectivity index (χ0n) is 13.2. The molecule has 0 amide bonds. The van der Waals surface area contributed by atoms with E-state index in [1.54, 1.807) is 0 Å². The Hall–Kier alpha value is -0.420. The number of fused-ring (bicyclic) bond motifs is 1. The topological polar surface area (TPSA) is 95.9 Å². The monoisotopic (exact) mass is 333 g/mol. The first-order valence-corrected chi connectivity index (χ1v) is 10.1. The van der Waals surface area contributed by atoms with Gasteiger partial charge in [0.1, 0.15) is 6.04 Å². The molecular weight excluding hydrogens is 305 g/mol. The molecule has 22 heavy (non-hydrogen) atoms. The molecule has 2 fully saturated rings. The van der Waals surface area contributed by atoms with Crippen LogP contribution in [0, 0.1) is 17.8 Å². The van der Waals surface area contributed by atoms with Gasteiger partial charge in [-0.1, -0.05) is 13.3 Å². The Labute approximate surface area is 132 Å². The molecule has 1 aliphatic carbocycles. The Bertz CT molecular complexity index is 424. The minimum Gasteiger partial charge on any atom is -0.465 e. The lowest BCUT2D eigenvalue weighted by Gasteiger charge is -2.42. The molecule has 1 heterocycles. The molecule has 2 aliphatic rings. The van der Waals surface area contributed by atoms with Gasteiger partial charge in [-0.25, -0.2) is 0 Å². The molecule has 7 heteroatoms. The molecule has 2 rings (SSSR count). The molecule has 0 aromatic carbocycles. The van der Waals surface area contributed by atoms with Crippen molar-refractivity contribution in [3.05, 3.63) is 0 Å². The molecule has 0 aromatic rings. The maximum Gasteiger partial charge on any atom is 0.325 e. The number of nitrogens with one attached hydrogen (secondary N) is 1. The Morgan fingerprint density at radius 2 is 2.05 bits per heavy atom. The van der Waals surface area contributed by atoms with Gasteiger partial charge in [0.15, 0.2) is 0 Å². The van der Waals surface area contributed by atoms with E-state index in [9.17, 15) is 9.36 Å². The fourth-order valence-electron chi connectivity index (χ4n) is 3.76. The quantitative estimate of drug-likeness (QED) is 0.390. The summed E-state index contributed by atoms with van der Waals surface area (Å²) in [7, 11) is -3.94. The summed E-state index contributed by atoms with van der Waals surface area (Å²) in [4.78, 5) is 30.4. The molecule has 3 N–H and O–H groups in total. The van der Waals surface area contributed by atoms with E-state index in [4.69, 9.17) is 14.5 Å². The van der Waals surface area contributed by atoms with Crippen molar-refractivity contribution in [1.82, 2.24) is 5.32 Å². The average Bonchev–Trinajstić information content (AvgIpc) is 2.45. The minimum atomic E-state index is -3.94. The van der Waals surface area contributed by atoms with Crippen LogP contribution in [0.25, 0.3) is 0 Å². The first-order valence-electron chi connectivity index (χ1n) is 8.33. The number of unbranched alkanes of at least 4 members (excludes halogenated alkanes) is 1. The SMILES string of the molecule is CCCCOC(=O)C1CC2CC(CP(=O)(O)O)CCC2CN1. The normalized spacial score (nSPS) is 32.3. The van der Waals surface area contributed by atoms with Crippen molar-refractivity contribution in [3.8, 4) is 0 Å². The van der Waals surface area contributed by atoms with Crippen molar-refractivity contribution in [1.29, 1.82) is 0 Å². The van der Waals surface area contributed by atoms with Gasteiger partial charge in [0.2, 0.25) is 0 Å². The summed E-state index contributed by atoms with van der Waals surface area (Å²) in [5.41, 5.74) is 0. The van der Waals surface area contributed by atoms with Gasteiger partial charge in [0.05, 0.1) is 12.8 Å². The second-order valence-corrected chi connectivity index (χ2v) is 8.46. The zero-order valence-corrected chi connectivity index (χ0v) is 14.1. The van der Waals surface area contributed by atoms with Crippen LogP contribution in [0.15, 0.2) is 0 Å². The predicted molar refractivity (Wildman–Crippen MR) is 83.5 cm³/mol. The number of piperidine rings is 1. The van der Waals surface area contributed by atoms with Crippen LogP contribution in [0.4, 0.5) is 0 Å². The second kappa shape index (κ2) is 7.91. The smallest absolute Gasteiger partial charge is 0.325 e. The molecule has 6 nitrogen and oxygen atoms in total. The van der Waals surface area contributed by atoms with E-state index in [2.05, 4.69) is 12.2 Å². The molecule has 128 valence electrons. The van der Waals surface area contributed by atoms with Crippen LogP contribution in [0.1, 0.15) is 45.4 Å². The maximum atomic E-state index is 12.0. The lowest BCUT2D eigenvalue weighted by molar-refractivity contribution is -0.148. The van der Waals surface area contributed by atoms with Gasteiger partial charge in [0, 0.05) is 0 Å². The van der Waals surface area contributed by atoms with E-state index >= 15 is 0 Å². The number of esters is 1. The summed E-state index contributed by atoms with van der Waals surface area (Å²) in [6, 6.07) is -0.257. The Morgan fingerprint density at radius 3 is 2.73 bits per heavy atom. The maximum absolute atomic E-state index is 12.0. The Balaban J connectivity index is 1.84. The van der Waals surface area contributed by atoms with E-state index in [-0.39, 0.29) is 24.1 Å². The van der Waals surface area contributed by atoms with Gasteiger partial charge in [-0.05, 0) is 56.4 Å². The first kappa shape index (κ1) is 17.9. The van der Waals surface area contributed by atoms with Crippen LogP contribution in [-0.2, 0) is 14.1 Å². The van der Waals surface area contributed by atoms with Crippen LogP contribution in [0.2, 0.25) is 0 Å². The highest BCUT2D eigenvalue weighted by atomic mass is 31.2. The van der Waals surface area contributed by atoms with Crippen LogP contribution >= 0.6 is 7.60 Å². The highest BCUT2D eigenvalue weighted by Crippen LogP contribution is 2.45. The van der Waals surface area contributed by atoms with Gasteiger partial charge in [-0.15, -0.1) is 0 Å². The molecule has 0 bridgehead atoms. The lowest BCUT2D eigenvalue weighted by Crippen LogP contribution is -2.50. The number of rotatable bonds is 6. The van der Waals surface area contributed by atoms with Gasteiger partial charge < -0.3 is 19.8 Å². The van der Waals surface area contributed by atoms with Gasteiger partial charge >= 0.3 is 13.6 Å². The Morgan fingerprint density at radius 1 is 1.27 bits per heavy atom. The third-order valence-electron chi connectivity index (χ3n) is 4.94. The molecule has 1 saturated carbocycles. The standard InChI is InChI=1S/C15H28NO5P/c1-2-3-6-21-15(17)14-8-13-7-11(10-22(18,19)20)4-5-12(13)9-16-14/h11-14,16H,2-10H2,1H3,(H2,18,19,20). The van der Waals surface area contributed by atoms with Crippen molar-refractivity contribution in [3.63, 3.8) is 0 Å². The van der Waals surface area contributed by atoms with Crippen LogP contribution < -0.4 is 5.32 Å². The number of carbonyl (C=O) groups excluding carboxylic acids is 1. The highest BCUT2D eigenvalue weighted by Gasteiger charge is 2.39. The van der Waals surface area contributed by atoms with Crippen molar-refractivity contribution in [2.45, 2.75) is 51.5 Å². The van der Waals surface area contributed by atoms with Crippen molar-refractivity contribution in [2.75, 3.05) is 19.3 Å². The largest absolute Gasteiger partial charge is 0.465 e.